The van der Waals surface area contributed by atoms with Crippen LogP contribution in [0.5, 0.6) is 0 Å². The van der Waals surface area contributed by atoms with Crippen LogP contribution in [-0.4, -0.2) is 87.4 Å². The van der Waals surface area contributed by atoms with Crippen LogP contribution in [0.3, 0.4) is 0 Å². The summed E-state index contributed by atoms with van der Waals surface area (Å²) in [6.45, 7) is 4.80. The van der Waals surface area contributed by atoms with Gasteiger partial charge in [0.25, 0.3) is 6.29 Å². The summed E-state index contributed by atoms with van der Waals surface area (Å²) in [7, 11) is 5.98. The molecule has 9 heteroatoms. The van der Waals surface area contributed by atoms with Gasteiger partial charge in [0, 0.05) is 12.8 Å². The molecule has 0 saturated heterocycles. The first-order valence-corrected chi connectivity index (χ1v) is 33.1. The van der Waals surface area contributed by atoms with E-state index in [1.165, 1.54) is 199 Å². The Morgan fingerprint density at radius 1 is 0.392 bits per heavy atom. The van der Waals surface area contributed by atoms with E-state index >= 15 is 0 Å². The average Bonchev–Trinajstić information content (AvgIpc) is 3.42. The number of carboxylic acids is 1. The first kappa shape index (κ1) is 75.7. The fourth-order valence-electron chi connectivity index (χ4n) is 9.39. The van der Waals surface area contributed by atoms with E-state index in [4.69, 9.17) is 18.9 Å². The Labute approximate surface area is 487 Å². The Balaban J connectivity index is 4.15. The van der Waals surface area contributed by atoms with Crippen molar-refractivity contribution in [3.63, 3.8) is 0 Å². The van der Waals surface area contributed by atoms with Crippen molar-refractivity contribution in [1.82, 2.24) is 0 Å². The summed E-state index contributed by atoms with van der Waals surface area (Å²) in [5.74, 6) is -1.99. The van der Waals surface area contributed by atoms with Crippen LogP contribution in [0.25, 0.3) is 0 Å². The van der Waals surface area contributed by atoms with Gasteiger partial charge in [-0.25, -0.2) is 4.79 Å². The summed E-state index contributed by atoms with van der Waals surface area (Å²) < 4.78 is 23.0. The zero-order chi connectivity index (χ0) is 57.6. The Morgan fingerprint density at radius 3 is 1.09 bits per heavy atom. The molecule has 2 unspecified atom stereocenters. The smallest absolute Gasteiger partial charge is 0.361 e. The van der Waals surface area contributed by atoms with Gasteiger partial charge in [0.15, 0.2) is 6.10 Å². The van der Waals surface area contributed by atoms with Gasteiger partial charge in [-0.2, -0.15) is 0 Å². The fourth-order valence-corrected chi connectivity index (χ4v) is 9.39. The summed E-state index contributed by atoms with van der Waals surface area (Å²) >= 11 is 0. The van der Waals surface area contributed by atoms with E-state index in [-0.39, 0.29) is 32.2 Å². The van der Waals surface area contributed by atoms with Crippen LogP contribution in [0, 0.1) is 0 Å². The average molecular weight is 1110 g/mol. The van der Waals surface area contributed by atoms with Crippen molar-refractivity contribution in [1.29, 1.82) is 0 Å². The largest absolute Gasteiger partial charge is 0.477 e. The van der Waals surface area contributed by atoms with Crippen molar-refractivity contribution in [2.75, 3.05) is 47.5 Å². The lowest BCUT2D eigenvalue weighted by Gasteiger charge is -2.25. The van der Waals surface area contributed by atoms with Crippen LogP contribution >= 0.6 is 0 Å². The first-order chi connectivity index (χ1) is 38.6. The number of hydrogen-bond acceptors (Lipinski definition) is 7. The number of rotatable bonds is 61. The SMILES string of the molecule is CC/C=C\C/C=C\C/C=C\C/C=C\C/C=C\CCCCCCCCCCCCCCCC(=O)OC(COC(=O)CCCCCCCCCCCCCCC/C=C\CCCCCCCCCC)COC(OCC[N+](C)(C)C)C(=O)O. The molecular formula is C70H126NO8+. The lowest BCUT2D eigenvalue weighted by Crippen LogP contribution is -2.40. The number of esters is 2. The number of ether oxygens (including phenoxy) is 4. The van der Waals surface area contributed by atoms with Gasteiger partial charge in [0.05, 0.1) is 34.4 Å². The van der Waals surface area contributed by atoms with Crippen LogP contribution in [0.2, 0.25) is 0 Å². The number of quaternary nitrogens is 1. The summed E-state index contributed by atoms with van der Waals surface area (Å²) in [5.41, 5.74) is 0. The molecule has 0 radical (unpaired) electrons. The minimum atomic E-state index is -1.51. The van der Waals surface area contributed by atoms with E-state index in [2.05, 4.69) is 86.8 Å². The quantitative estimate of drug-likeness (QED) is 0.0211. The summed E-state index contributed by atoms with van der Waals surface area (Å²) in [4.78, 5) is 37.6. The van der Waals surface area contributed by atoms with E-state index in [1.54, 1.807) is 0 Å². The van der Waals surface area contributed by atoms with Crippen molar-refractivity contribution < 1.29 is 42.9 Å². The standard InChI is InChI=1S/C70H125NO8/c1-6-8-10-12-14-16-18-20-22-24-26-28-30-32-33-34-35-37-39-41-43-45-47-49-51-53-55-57-59-61-68(73)79-66(65-78-70(69(74)75)76-63-62-71(3,4)5)64-77-67(72)60-58-56-54-52-50-48-46-44-42-40-38-36-31-29-27-25-23-21-19-17-15-13-11-9-7-2/h8,10,14,16,20,22,25-28,32-33,66,70H,6-7,9,11-13,15,17-19,21,23-24,29-31,34-65H2,1-5H3/p+1/b10-8-,16-14-,22-20-,27-25-,28-26-,33-32-. The molecule has 0 bridgehead atoms. The number of carboxylic acid groups (broad SMARTS) is 1. The number of carbonyl (C=O) groups is 3. The number of likely N-dealkylation sites (N-methyl/N-ethyl adjacent to an activating group) is 1. The fraction of sp³-hybridized carbons (Fsp3) is 0.786. The molecule has 2 atom stereocenters. The maximum Gasteiger partial charge on any atom is 0.361 e. The number of nitrogens with zero attached hydrogens (tertiary/aromatic N) is 1. The third-order valence-electron chi connectivity index (χ3n) is 14.4. The molecule has 0 aromatic heterocycles. The van der Waals surface area contributed by atoms with Gasteiger partial charge in [-0.3, -0.25) is 9.59 Å². The van der Waals surface area contributed by atoms with Gasteiger partial charge in [-0.1, -0.05) is 273 Å². The molecule has 0 aromatic carbocycles. The molecule has 0 aliphatic rings. The molecule has 1 N–H and O–H groups in total. The Hall–Kier alpha value is -3.27. The van der Waals surface area contributed by atoms with E-state index in [9.17, 15) is 19.5 Å². The van der Waals surface area contributed by atoms with Gasteiger partial charge >= 0.3 is 17.9 Å². The highest BCUT2D eigenvalue weighted by Gasteiger charge is 2.25. The van der Waals surface area contributed by atoms with Gasteiger partial charge in [-0.15, -0.1) is 0 Å². The van der Waals surface area contributed by atoms with Crippen molar-refractivity contribution in [3.05, 3.63) is 72.9 Å². The highest BCUT2D eigenvalue weighted by molar-refractivity contribution is 5.71. The predicted molar refractivity (Wildman–Crippen MR) is 336 cm³/mol. The highest BCUT2D eigenvalue weighted by atomic mass is 16.7. The van der Waals surface area contributed by atoms with E-state index in [1.807, 2.05) is 21.1 Å². The molecule has 0 aliphatic heterocycles. The van der Waals surface area contributed by atoms with Gasteiger partial charge < -0.3 is 28.5 Å². The van der Waals surface area contributed by atoms with Crippen LogP contribution in [-0.2, 0) is 33.3 Å². The van der Waals surface area contributed by atoms with Crippen LogP contribution in [0.15, 0.2) is 72.9 Å². The maximum absolute atomic E-state index is 12.9. The summed E-state index contributed by atoms with van der Waals surface area (Å²) in [6, 6.07) is 0. The maximum atomic E-state index is 12.9. The third kappa shape index (κ3) is 62.2. The second-order valence-electron chi connectivity index (χ2n) is 23.4. The molecule has 79 heavy (non-hydrogen) atoms. The van der Waals surface area contributed by atoms with Crippen LogP contribution < -0.4 is 0 Å². The lowest BCUT2D eigenvalue weighted by atomic mass is 10.0. The highest BCUT2D eigenvalue weighted by Crippen LogP contribution is 2.17. The molecule has 0 aliphatic carbocycles. The molecule has 0 aromatic rings. The number of hydrogen-bond donors (Lipinski definition) is 1. The minimum Gasteiger partial charge on any atom is -0.477 e. The first-order valence-electron chi connectivity index (χ1n) is 33.1. The van der Waals surface area contributed by atoms with Gasteiger partial charge in [0.1, 0.15) is 13.2 Å². The monoisotopic (exact) mass is 1110 g/mol. The second kappa shape index (κ2) is 60.8. The zero-order valence-corrected chi connectivity index (χ0v) is 52.3. The topological polar surface area (TPSA) is 108 Å². The number of unbranched alkanes of at least 4 members (excludes halogenated alkanes) is 34. The number of allylic oxidation sites excluding steroid dienone is 12. The predicted octanol–water partition coefficient (Wildman–Crippen LogP) is 20.1. The van der Waals surface area contributed by atoms with E-state index in [0.717, 1.165) is 70.6 Å². The molecule has 0 spiro atoms. The van der Waals surface area contributed by atoms with Crippen LogP contribution in [0.1, 0.15) is 296 Å². The van der Waals surface area contributed by atoms with Crippen molar-refractivity contribution in [2.24, 2.45) is 0 Å². The minimum absolute atomic E-state index is 0.182. The molecule has 458 valence electrons. The van der Waals surface area contributed by atoms with Crippen molar-refractivity contribution >= 4 is 17.9 Å². The van der Waals surface area contributed by atoms with Gasteiger partial charge in [-0.05, 0) is 83.5 Å². The van der Waals surface area contributed by atoms with Crippen molar-refractivity contribution in [2.45, 2.75) is 309 Å². The Morgan fingerprint density at radius 2 is 0.722 bits per heavy atom. The van der Waals surface area contributed by atoms with E-state index in [0.29, 0.717) is 17.4 Å². The van der Waals surface area contributed by atoms with E-state index < -0.39 is 24.3 Å². The van der Waals surface area contributed by atoms with Crippen LogP contribution in [0.4, 0.5) is 0 Å². The van der Waals surface area contributed by atoms with Crippen molar-refractivity contribution in [3.8, 4) is 0 Å². The Kier molecular flexibility index (Phi) is 58.3. The summed E-state index contributed by atoms with van der Waals surface area (Å²) in [6.07, 6.45) is 77.1. The number of aliphatic carboxylic acids is 1. The summed E-state index contributed by atoms with van der Waals surface area (Å²) in [5, 5.41) is 9.73. The Bertz CT molecular complexity index is 1520. The molecule has 0 fully saturated rings. The molecule has 0 amide bonds. The molecule has 0 rings (SSSR count). The molecule has 0 saturated carbocycles. The zero-order valence-electron chi connectivity index (χ0n) is 52.3. The molecule has 0 heterocycles. The molecular weight excluding hydrogens is 983 g/mol. The van der Waals surface area contributed by atoms with Gasteiger partial charge in [0.2, 0.25) is 0 Å². The second-order valence-corrected chi connectivity index (χ2v) is 23.4. The molecule has 9 nitrogen and oxygen atoms in total. The lowest BCUT2D eigenvalue weighted by molar-refractivity contribution is -0.870. The normalized spacial score (nSPS) is 13.2. The third-order valence-corrected chi connectivity index (χ3v) is 14.4. The number of carbonyl (C=O) groups excluding carboxylic acids is 2.